The molecule has 0 radical (unpaired) electrons. The van der Waals surface area contributed by atoms with E-state index in [1.165, 1.54) is 27.6 Å². The lowest BCUT2D eigenvalue weighted by atomic mass is 10.0. The summed E-state index contributed by atoms with van der Waals surface area (Å²) in [7, 11) is 0. The fourth-order valence-electron chi connectivity index (χ4n) is 3.21. The van der Waals surface area contributed by atoms with Crippen molar-refractivity contribution in [3.8, 4) is 5.75 Å². The maximum atomic E-state index is 6.14. The van der Waals surface area contributed by atoms with Crippen LogP contribution in [0.25, 0.3) is 10.8 Å². The van der Waals surface area contributed by atoms with Gasteiger partial charge in [0.2, 0.25) is 0 Å². The van der Waals surface area contributed by atoms with Crippen LogP contribution in [0.15, 0.2) is 54.1 Å². The lowest BCUT2D eigenvalue weighted by molar-refractivity contribution is 0.351. The highest BCUT2D eigenvalue weighted by Crippen LogP contribution is 2.37. The van der Waals surface area contributed by atoms with Crippen molar-refractivity contribution in [2.75, 3.05) is 18.5 Å². The van der Waals surface area contributed by atoms with Crippen molar-refractivity contribution >= 4 is 16.5 Å². The third-order valence-electron chi connectivity index (χ3n) is 4.32. The monoisotopic (exact) mass is 277 g/mol. The molecule has 1 aliphatic heterocycles. The van der Waals surface area contributed by atoms with Crippen LogP contribution in [-0.4, -0.2) is 13.2 Å². The summed E-state index contributed by atoms with van der Waals surface area (Å²) >= 11 is 0. The molecular weight excluding hydrogens is 258 g/mol. The second-order valence-corrected chi connectivity index (χ2v) is 5.70. The summed E-state index contributed by atoms with van der Waals surface area (Å²) in [5.41, 5.74) is 4.04. The van der Waals surface area contributed by atoms with E-state index in [1.54, 1.807) is 0 Å². The molecule has 1 heterocycles. The molecule has 2 aromatic rings. The highest BCUT2D eigenvalue weighted by molar-refractivity contribution is 5.96. The Hall–Kier alpha value is -2.22. The van der Waals surface area contributed by atoms with Crippen molar-refractivity contribution in [1.29, 1.82) is 0 Å². The van der Waals surface area contributed by atoms with E-state index in [4.69, 9.17) is 4.74 Å². The highest BCUT2D eigenvalue weighted by Gasteiger charge is 2.17. The molecule has 0 amide bonds. The molecule has 0 spiro atoms. The first-order chi connectivity index (χ1) is 10.4. The van der Waals surface area contributed by atoms with Gasteiger partial charge in [-0.1, -0.05) is 42.5 Å². The first kappa shape index (κ1) is 12.5. The molecule has 4 rings (SSSR count). The Kier molecular flexibility index (Phi) is 3.15. The van der Waals surface area contributed by atoms with Gasteiger partial charge in [0.05, 0.1) is 0 Å². The molecule has 106 valence electrons. The lowest BCUT2D eigenvalue weighted by Gasteiger charge is -2.15. The molecule has 2 nitrogen and oxygen atoms in total. The van der Waals surface area contributed by atoms with Crippen LogP contribution in [0.1, 0.15) is 18.4 Å². The van der Waals surface area contributed by atoms with Crippen molar-refractivity contribution in [3.05, 3.63) is 59.7 Å². The van der Waals surface area contributed by atoms with Gasteiger partial charge in [0.1, 0.15) is 12.4 Å². The quantitative estimate of drug-likeness (QED) is 0.894. The fourth-order valence-corrected chi connectivity index (χ4v) is 3.21. The molecule has 1 aliphatic carbocycles. The van der Waals surface area contributed by atoms with E-state index in [2.05, 4.69) is 53.9 Å². The number of ether oxygens (including phenoxy) is 1. The van der Waals surface area contributed by atoms with Gasteiger partial charge in [0.15, 0.2) is 0 Å². The van der Waals surface area contributed by atoms with Crippen molar-refractivity contribution in [3.63, 3.8) is 0 Å². The van der Waals surface area contributed by atoms with Gasteiger partial charge in [0, 0.05) is 23.7 Å². The number of allylic oxidation sites excluding steroid dienone is 3. The fraction of sp³-hybridized carbons (Fsp3) is 0.263. The second kappa shape index (κ2) is 5.28. The maximum Gasteiger partial charge on any atom is 0.129 e. The van der Waals surface area contributed by atoms with Crippen LogP contribution in [0.5, 0.6) is 5.75 Å². The zero-order chi connectivity index (χ0) is 14.1. The van der Waals surface area contributed by atoms with Crippen LogP contribution >= 0.6 is 0 Å². The largest absolute Gasteiger partial charge is 0.489 e. The average Bonchev–Trinajstić information content (AvgIpc) is 3.02. The first-order valence-corrected chi connectivity index (χ1v) is 7.68. The first-order valence-electron chi connectivity index (χ1n) is 7.68. The summed E-state index contributed by atoms with van der Waals surface area (Å²) in [6, 6.07) is 10.7. The molecule has 1 N–H and O–H groups in total. The number of nitrogens with one attached hydrogen (secondary N) is 1. The van der Waals surface area contributed by atoms with Gasteiger partial charge in [-0.25, -0.2) is 0 Å². The molecular formula is C19H19NO. The number of hydrogen-bond donors (Lipinski definition) is 1. The van der Waals surface area contributed by atoms with Crippen LogP contribution in [0.3, 0.4) is 0 Å². The van der Waals surface area contributed by atoms with E-state index in [0.717, 1.165) is 31.6 Å². The number of benzene rings is 2. The van der Waals surface area contributed by atoms with E-state index >= 15 is 0 Å². The molecule has 21 heavy (non-hydrogen) atoms. The standard InChI is InChI=1S/C19H19NO/c1-2-6-14(7-3-1)13-21-19-12-18-16(10-11-20-18)15-8-4-5-9-17(15)19/h1-2,4-6,8-9,12,20H,3,7,10-11,13H2. The van der Waals surface area contributed by atoms with Crippen LogP contribution in [0.4, 0.5) is 5.69 Å². The van der Waals surface area contributed by atoms with Crippen LogP contribution in [-0.2, 0) is 6.42 Å². The van der Waals surface area contributed by atoms with Crippen molar-refractivity contribution < 1.29 is 4.74 Å². The molecule has 2 aromatic carbocycles. The minimum absolute atomic E-state index is 0.688. The van der Waals surface area contributed by atoms with Gasteiger partial charge in [0.25, 0.3) is 0 Å². The minimum atomic E-state index is 0.688. The second-order valence-electron chi connectivity index (χ2n) is 5.70. The maximum absolute atomic E-state index is 6.14. The van der Waals surface area contributed by atoms with Gasteiger partial charge in [-0.3, -0.25) is 0 Å². The van der Waals surface area contributed by atoms with Gasteiger partial charge in [-0.2, -0.15) is 0 Å². The summed E-state index contributed by atoms with van der Waals surface area (Å²) in [5, 5.41) is 6.02. The van der Waals surface area contributed by atoms with Crippen molar-refractivity contribution in [1.82, 2.24) is 0 Å². The van der Waals surface area contributed by atoms with Crippen molar-refractivity contribution in [2.24, 2.45) is 0 Å². The summed E-state index contributed by atoms with van der Waals surface area (Å²) in [6.45, 7) is 1.71. The summed E-state index contributed by atoms with van der Waals surface area (Å²) in [5.74, 6) is 0.995. The molecule has 2 heteroatoms. The SMILES string of the molecule is C1=CCCC(COc2cc3c(c4ccccc24)CCN3)=C1. The molecule has 0 atom stereocenters. The molecule has 0 saturated heterocycles. The van der Waals surface area contributed by atoms with E-state index in [9.17, 15) is 0 Å². The van der Waals surface area contributed by atoms with Gasteiger partial charge in [-0.05, 0) is 35.8 Å². The summed E-state index contributed by atoms with van der Waals surface area (Å²) in [4.78, 5) is 0. The third kappa shape index (κ3) is 2.31. The number of hydrogen-bond acceptors (Lipinski definition) is 2. The Balaban J connectivity index is 1.70. The van der Waals surface area contributed by atoms with Gasteiger partial charge in [-0.15, -0.1) is 0 Å². The van der Waals surface area contributed by atoms with E-state index in [0.29, 0.717) is 6.61 Å². The van der Waals surface area contributed by atoms with Gasteiger partial charge >= 0.3 is 0 Å². The van der Waals surface area contributed by atoms with Crippen LogP contribution in [0.2, 0.25) is 0 Å². The Morgan fingerprint density at radius 3 is 2.86 bits per heavy atom. The van der Waals surface area contributed by atoms with Crippen molar-refractivity contribution in [2.45, 2.75) is 19.3 Å². The van der Waals surface area contributed by atoms with E-state index in [1.807, 2.05) is 0 Å². The van der Waals surface area contributed by atoms with Crippen LogP contribution < -0.4 is 10.1 Å². The lowest BCUT2D eigenvalue weighted by Crippen LogP contribution is -2.03. The zero-order valence-corrected chi connectivity index (χ0v) is 12.1. The molecule has 0 fully saturated rings. The Morgan fingerprint density at radius 1 is 1.10 bits per heavy atom. The molecule has 0 saturated carbocycles. The third-order valence-corrected chi connectivity index (χ3v) is 4.32. The predicted molar refractivity (Wildman–Crippen MR) is 88.1 cm³/mol. The summed E-state index contributed by atoms with van der Waals surface area (Å²) in [6.07, 6.45) is 9.85. The van der Waals surface area contributed by atoms with E-state index < -0.39 is 0 Å². The molecule has 0 unspecified atom stereocenters. The average molecular weight is 277 g/mol. The minimum Gasteiger partial charge on any atom is -0.489 e. The Bertz CT molecular complexity index is 743. The topological polar surface area (TPSA) is 21.3 Å². The molecule has 2 aliphatic rings. The normalized spacial score (nSPS) is 16.5. The van der Waals surface area contributed by atoms with Crippen LogP contribution in [0, 0.1) is 0 Å². The number of anilines is 1. The highest BCUT2D eigenvalue weighted by atomic mass is 16.5. The zero-order valence-electron chi connectivity index (χ0n) is 12.1. The van der Waals surface area contributed by atoms with Gasteiger partial charge < -0.3 is 10.1 Å². The molecule has 0 aromatic heterocycles. The number of rotatable bonds is 3. The predicted octanol–water partition coefficient (Wildman–Crippen LogP) is 4.46. The Labute approximate surface area is 125 Å². The Morgan fingerprint density at radius 2 is 2.00 bits per heavy atom. The molecule has 0 bridgehead atoms. The number of fused-ring (bicyclic) bond motifs is 3. The smallest absolute Gasteiger partial charge is 0.129 e. The summed E-state index contributed by atoms with van der Waals surface area (Å²) < 4.78 is 6.14. The van der Waals surface area contributed by atoms with E-state index in [-0.39, 0.29) is 0 Å².